The van der Waals surface area contributed by atoms with Gasteiger partial charge in [0.05, 0.1) is 5.52 Å². The first kappa shape index (κ1) is 18.9. The predicted molar refractivity (Wildman–Crippen MR) is 103 cm³/mol. The van der Waals surface area contributed by atoms with Crippen molar-refractivity contribution in [1.29, 1.82) is 0 Å². The van der Waals surface area contributed by atoms with E-state index in [1.807, 2.05) is 13.0 Å². The van der Waals surface area contributed by atoms with Gasteiger partial charge in [-0.05, 0) is 51.3 Å². The molecule has 1 aliphatic rings. The standard InChI is InChI=1S/C20H26N4O3/c1-6-15-12(3)14-8-11(2)7-13(17(14)22-15)9-21-16(25)10-24-18(26)20(4,5)23-19(24)27/h7-8,22H,6,9-10H2,1-5H3,(H,21,25)(H,23,27). The van der Waals surface area contributed by atoms with Crippen LogP contribution in [-0.4, -0.2) is 39.8 Å². The predicted octanol–water partition coefficient (Wildman–Crippen LogP) is 2.29. The Labute approximate surface area is 158 Å². The Morgan fingerprint density at radius 2 is 1.93 bits per heavy atom. The van der Waals surface area contributed by atoms with Crippen molar-refractivity contribution >= 4 is 28.7 Å². The van der Waals surface area contributed by atoms with E-state index in [1.165, 1.54) is 11.3 Å². The maximum Gasteiger partial charge on any atom is 0.325 e. The van der Waals surface area contributed by atoms with Crippen LogP contribution in [0.2, 0.25) is 0 Å². The van der Waals surface area contributed by atoms with Gasteiger partial charge < -0.3 is 15.6 Å². The largest absolute Gasteiger partial charge is 0.358 e. The van der Waals surface area contributed by atoms with E-state index in [-0.39, 0.29) is 12.5 Å². The number of aromatic amines is 1. The van der Waals surface area contributed by atoms with Crippen molar-refractivity contribution in [1.82, 2.24) is 20.5 Å². The minimum absolute atomic E-state index is 0.285. The first-order valence-corrected chi connectivity index (χ1v) is 9.15. The SMILES string of the molecule is CCc1[nH]c2c(CNC(=O)CN3C(=O)NC(C)(C)C3=O)cc(C)cc2c1C. The second-order valence-electron chi connectivity index (χ2n) is 7.65. The fraction of sp³-hybridized carbons (Fsp3) is 0.450. The lowest BCUT2D eigenvalue weighted by Gasteiger charge is -2.16. The molecule has 0 bridgehead atoms. The van der Waals surface area contributed by atoms with Crippen LogP contribution in [0.3, 0.4) is 0 Å². The third kappa shape index (κ3) is 3.41. The lowest BCUT2D eigenvalue weighted by Crippen LogP contribution is -2.43. The van der Waals surface area contributed by atoms with Crippen LogP contribution in [0.25, 0.3) is 10.9 Å². The van der Waals surface area contributed by atoms with Crippen LogP contribution >= 0.6 is 0 Å². The molecule has 1 aliphatic heterocycles. The van der Waals surface area contributed by atoms with Crippen molar-refractivity contribution in [2.24, 2.45) is 0 Å². The van der Waals surface area contributed by atoms with Crippen LogP contribution in [0.4, 0.5) is 4.79 Å². The molecule has 0 radical (unpaired) electrons. The van der Waals surface area contributed by atoms with E-state index in [4.69, 9.17) is 0 Å². The molecule has 1 aromatic carbocycles. The first-order chi connectivity index (χ1) is 12.6. The lowest BCUT2D eigenvalue weighted by atomic mass is 10.0. The summed E-state index contributed by atoms with van der Waals surface area (Å²) in [6.45, 7) is 9.50. The average Bonchev–Trinajstić information content (AvgIpc) is 3.01. The van der Waals surface area contributed by atoms with E-state index in [2.05, 4.69) is 35.5 Å². The zero-order chi connectivity index (χ0) is 19.9. The van der Waals surface area contributed by atoms with Gasteiger partial charge in [0.25, 0.3) is 5.91 Å². The number of amides is 4. The number of nitrogens with one attached hydrogen (secondary N) is 3. The summed E-state index contributed by atoms with van der Waals surface area (Å²) in [6, 6.07) is 3.64. The summed E-state index contributed by atoms with van der Waals surface area (Å²) in [5.41, 5.74) is 4.56. The van der Waals surface area contributed by atoms with Gasteiger partial charge in [0.2, 0.25) is 5.91 Å². The Morgan fingerprint density at radius 1 is 1.22 bits per heavy atom. The van der Waals surface area contributed by atoms with Gasteiger partial charge in [-0.25, -0.2) is 4.79 Å². The molecule has 1 saturated heterocycles. The molecule has 2 heterocycles. The zero-order valence-electron chi connectivity index (χ0n) is 16.4. The van der Waals surface area contributed by atoms with E-state index in [1.54, 1.807) is 13.8 Å². The number of rotatable bonds is 5. The molecule has 7 heteroatoms. The highest BCUT2D eigenvalue weighted by Gasteiger charge is 2.44. The van der Waals surface area contributed by atoms with E-state index in [0.29, 0.717) is 6.54 Å². The van der Waals surface area contributed by atoms with Gasteiger partial charge in [0, 0.05) is 17.6 Å². The second kappa shape index (κ2) is 6.72. The van der Waals surface area contributed by atoms with Gasteiger partial charge in [-0.2, -0.15) is 0 Å². The number of imide groups is 1. The number of hydrogen-bond acceptors (Lipinski definition) is 3. The summed E-state index contributed by atoms with van der Waals surface area (Å²) in [4.78, 5) is 40.8. The molecule has 27 heavy (non-hydrogen) atoms. The van der Waals surface area contributed by atoms with Gasteiger partial charge in [-0.1, -0.05) is 18.6 Å². The van der Waals surface area contributed by atoms with E-state index in [9.17, 15) is 14.4 Å². The monoisotopic (exact) mass is 370 g/mol. The smallest absolute Gasteiger partial charge is 0.325 e. The number of benzene rings is 1. The number of nitrogens with zero attached hydrogens (tertiary/aromatic N) is 1. The molecule has 0 saturated carbocycles. The fourth-order valence-electron chi connectivity index (χ4n) is 3.56. The van der Waals surface area contributed by atoms with Crippen molar-refractivity contribution < 1.29 is 14.4 Å². The Balaban J connectivity index is 1.74. The molecule has 3 rings (SSSR count). The first-order valence-electron chi connectivity index (χ1n) is 9.15. The zero-order valence-corrected chi connectivity index (χ0v) is 16.4. The summed E-state index contributed by atoms with van der Waals surface area (Å²) < 4.78 is 0. The van der Waals surface area contributed by atoms with Gasteiger partial charge in [0.15, 0.2) is 0 Å². The van der Waals surface area contributed by atoms with Crippen molar-refractivity contribution in [2.75, 3.05) is 6.54 Å². The van der Waals surface area contributed by atoms with Crippen LogP contribution in [0.1, 0.15) is 43.2 Å². The number of aryl methyl sites for hydroxylation is 3. The van der Waals surface area contributed by atoms with Crippen LogP contribution in [0.15, 0.2) is 12.1 Å². The number of H-pyrrole nitrogens is 1. The van der Waals surface area contributed by atoms with Crippen LogP contribution in [0, 0.1) is 13.8 Å². The maximum absolute atomic E-state index is 12.3. The summed E-state index contributed by atoms with van der Waals surface area (Å²) in [5.74, 6) is -0.766. The highest BCUT2D eigenvalue weighted by molar-refractivity contribution is 6.08. The quantitative estimate of drug-likeness (QED) is 0.705. The number of fused-ring (bicyclic) bond motifs is 1. The molecule has 1 aromatic heterocycles. The molecule has 0 atom stereocenters. The topological polar surface area (TPSA) is 94.3 Å². The maximum atomic E-state index is 12.3. The molecule has 7 nitrogen and oxygen atoms in total. The molecular formula is C20H26N4O3. The Bertz CT molecular complexity index is 942. The van der Waals surface area contributed by atoms with Crippen molar-refractivity contribution in [2.45, 2.75) is 53.1 Å². The molecule has 0 unspecified atom stereocenters. The third-order valence-electron chi connectivity index (χ3n) is 5.07. The summed E-state index contributed by atoms with van der Waals surface area (Å²) in [5, 5.41) is 6.56. The second-order valence-corrected chi connectivity index (χ2v) is 7.65. The molecule has 0 aliphatic carbocycles. The van der Waals surface area contributed by atoms with Crippen LogP contribution in [0.5, 0.6) is 0 Å². The number of carbonyl (C=O) groups is 3. The van der Waals surface area contributed by atoms with E-state index >= 15 is 0 Å². The summed E-state index contributed by atoms with van der Waals surface area (Å²) in [6.07, 6.45) is 0.910. The fourth-order valence-corrected chi connectivity index (χ4v) is 3.56. The van der Waals surface area contributed by atoms with Crippen LogP contribution < -0.4 is 10.6 Å². The molecule has 0 spiro atoms. The van der Waals surface area contributed by atoms with Gasteiger partial charge in [-0.3, -0.25) is 14.5 Å². The number of hydrogen-bond donors (Lipinski definition) is 3. The average molecular weight is 370 g/mol. The highest BCUT2D eigenvalue weighted by atomic mass is 16.2. The van der Waals surface area contributed by atoms with Crippen molar-refractivity contribution in [3.05, 3.63) is 34.5 Å². The molecule has 2 aromatic rings. The normalized spacial score (nSPS) is 16.1. The van der Waals surface area contributed by atoms with E-state index in [0.717, 1.165) is 33.4 Å². The van der Waals surface area contributed by atoms with E-state index < -0.39 is 17.5 Å². The Kier molecular flexibility index (Phi) is 4.71. The summed E-state index contributed by atoms with van der Waals surface area (Å²) in [7, 11) is 0. The molecule has 4 amide bonds. The van der Waals surface area contributed by atoms with Gasteiger partial charge in [0.1, 0.15) is 12.1 Å². The number of urea groups is 1. The lowest BCUT2D eigenvalue weighted by molar-refractivity contribution is -0.134. The number of aromatic nitrogens is 1. The van der Waals surface area contributed by atoms with Crippen LogP contribution in [-0.2, 0) is 22.6 Å². The minimum Gasteiger partial charge on any atom is -0.358 e. The molecule has 3 N–H and O–H groups in total. The number of carbonyl (C=O) groups excluding carboxylic acids is 3. The van der Waals surface area contributed by atoms with Gasteiger partial charge >= 0.3 is 6.03 Å². The van der Waals surface area contributed by atoms with Gasteiger partial charge in [-0.15, -0.1) is 0 Å². The van der Waals surface area contributed by atoms with Crippen molar-refractivity contribution in [3.63, 3.8) is 0 Å². The summed E-state index contributed by atoms with van der Waals surface area (Å²) >= 11 is 0. The minimum atomic E-state index is -0.974. The molecule has 1 fully saturated rings. The Hall–Kier alpha value is -2.83. The highest BCUT2D eigenvalue weighted by Crippen LogP contribution is 2.26. The van der Waals surface area contributed by atoms with Crippen molar-refractivity contribution in [3.8, 4) is 0 Å². The molecule has 144 valence electrons. The third-order valence-corrected chi connectivity index (χ3v) is 5.07. The molecular weight excluding hydrogens is 344 g/mol. The Morgan fingerprint density at radius 3 is 2.52 bits per heavy atom.